The Morgan fingerprint density at radius 2 is 2.28 bits per heavy atom. The first kappa shape index (κ1) is 12.6. The van der Waals surface area contributed by atoms with Gasteiger partial charge in [0, 0.05) is 13.6 Å². The summed E-state index contributed by atoms with van der Waals surface area (Å²) in [5.41, 5.74) is 1.40. The van der Waals surface area contributed by atoms with Crippen molar-refractivity contribution in [1.29, 1.82) is 0 Å². The Kier molecular flexibility index (Phi) is 3.61. The van der Waals surface area contributed by atoms with E-state index in [9.17, 15) is 5.11 Å². The first-order valence-electron chi connectivity index (χ1n) is 5.96. The van der Waals surface area contributed by atoms with Crippen molar-refractivity contribution >= 4 is 22.9 Å². The second kappa shape index (κ2) is 5.18. The highest BCUT2D eigenvalue weighted by molar-refractivity contribution is 5.84. The molecule has 18 heavy (non-hydrogen) atoms. The molecule has 0 aliphatic carbocycles. The summed E-state index contributed by atoms with van der Waals surface area (Å²) in [5.74, 6) is 1.28. The maximum Gasteiger partial charge on any atom is 0.226 e. The largest absolute Gasteiger partial charge is 0.394 e. The van der Waals surface area contributed by atoms with Gasteiger partial charge < -0.3 is 20.3 Å². The molecule has 0 aliphatic heterocycles. The lowest BCUT2D eigenvalue weighted by Crippen LogP contribution is -2.33. The molecule has 0 amide bonds. The van der Waals surface area contributed by atoms with Crippen molar-refractivity contribution in [1.82, 2.24) is 19.9 Å². The van der Waals surface area contributed by atoms with Gasteiger partial charge in [-0.2, -0.15) is 9.97 Å². The van der Waals surface area contributed by atoms with Crippen molar-refractivity contribution in [2.75, 3.05) is 30.4 Å². The number of hydrogen-bond donors (Lipinski definition) is 3. The molecule has 2 aromatic heterocycles. The number of fused-ring (bicyclic) bond motifs is 1. The van der Waals surface area contributed by atoms with Crippen molar-refractivity contribution in [3.63, 3.8) is 0 Å². The van der Waals surface area contributed by atoms with E-state index in [0.717, 1.165) is 17.9 Å². The minimum absolute atomic E-state index is 0.0270. The number of anilines is 2. The second-order valence-electron chi connectivity index (χ2n) is 4.14. The predicted molar refractivity (Wildman–Crippen MR) is 70.8 cm³/mol. The molecule has 0 bridgehead atoms. The van der Waals surface area contributed by atoms with Crippen LogP contribution in [0.25, 0.3) is 11.2 Å². The van der Waals surface area contributed by atoms with Crippen molar-refractivity contribution < 1.29 is 5.11 Å². The number of aromatic amines is 1. The zero-order chi connectivity index (χ0) is 13.1. The monoisotopic (exact) mass is 250 g/mol. The zero-order valence-electron chi connectivity index (χ0n) is 10.8. The van der Waals surface area contributed by atoms with E-state index in [-0.39, 0.29) is 12.6 Å². The van der Waals surface area contributed by atoms with Crippen LogP contribution in [0, 0.1) is 0 Å². The van der Waals surface area contributed by atoms with Crippen molar-refractivity contribution in [2.45, 2.75) is 19.9 Å². The average Bonchev–Trinajstić information content (AvgIpc) is 2.84. The van der Waals surface area contributed by atoms with Gasteiger partial charge in [-0.25, -0.2) is 4.98 Å². The molecule has 1 unspecified atom stereocenters. The van der Waals surface area contributed by atoms with Crippen molar-refractivity contribution in [2.24, 2.45) is 0 Å². The fraction of sp³-hybridized carbons (Fsp3) is 0.545. The molecule has 1 atom stereocenters. The van der Waals surface area contributed by atoms with Gasteiger partial charge in [-0.1, -0.05) is 0 Å². The van der Waals surface area contributed by atoms with Crippen molar-refractivity contribution in [3.05, 3.63) is 6.33 Å². The molecule has 7 nitrogen and oxygen atoms in total. The second-order valence-corrected chi connectivity index (χ2v) is 4.14. The van der Waals surface area contributed by atoms with Crippen LogP contribution < -0.4 is 10.2 Å². The summed E-state index contributed by atoms with van der Waals surface area (Å²) in [6, 6.07) is -0.0270. The number of aromatic nitrogens is 4. The first-order valence-corrected chi connectivity index (χ1v) is 5.96. The Bertz CT molecular complexity index is 525. The van der Waals surface area contributed by atoms with Gasteiger partial charge >= 0.3 is 0 Å². The van der Waals surface area contributed by atoms with Gasteiger partial charge in [0.25, 0.3) is 0 Å². The quantitative estimate of drug-likeness (QED) is 0.720. The van der Waals surface area contributed by atoms with E-state index in [1.54, 1.807) is 6.33 Å². The van der Waals surface area contributed by atoms with Crippen LogP contribution >= 0.6 is 0 Å². The number of aliphatic hydroxyl groups excluding tert-OH is 1. The molecule has 2 heterocycles. The van der Waals surface area contributed by atoms with E-state index >= 15 is 0 Å². The summed E-state index contributed by atoms with van der Waals surface area (Å²) >= 11 is 0. The number of H-pyrrole nitrogens is 1. The fourth-order valence-electron chi connectivity index (χ4n) is 1.64. The van der Waals surface area contributed by atoms with Crippen LogP contribution in [0.15, 0.2) is 6.33 Å². The van der Waals surface area contributed by atoms with E-state index in [1.165, 1.54) is 0 Å². The topological polar surface area (TPSA) is 90.0 Å². The Balaban J connectivity index is 2.49. The van der Waals surface area contributed by atoms with E-state index in [4.69, 9.17) is 0 Å². The summed E-state index contributed by atoms with van der Waals surface area (Å²) < 4.78 is 0. The van der Waals surface area contributed by atoms with Crippen LogP contribution in [0.3, 0.4) is 0 Å². The summed E-state index contributed by atoms with van der Waals surface area (Å²) in [6.07, 6.45) is 1.59. The van der Waals surface area contributed by atoms with Gasteiger partial charge in [0.15, 0.2) is 11.5 Å². The number of imidazole rings is 1. The third-order valence-electron chi connectivity index (χ3n) is 2.86. The predicted octanol–water partition coefficient (Wildman–Crippen LogP) is 0.602. The molecule has 98 valence electrons. The summed E-state index contributed by atoms with van der Waals surface area (Å²) in [4.78, 5) is 17.8. The lowest BCUT2D eigenvalue weighted by molar-refractivity contribution is 0.270. The molecule has 0 saturated carbocycles. The zero-order valence-corrected chi connectivity index (χ0v) is 10.8. The van der Waals surface area contributed by atoms with Gasteiger partial charge in [-0.05, 0) is 13.8 Å². The Labute approximate surface area is 105 Å². The Morgan fingerprint density at radius 1 is 1.50 bits per heavy atom. The maximum atomic E-state index is 9.24. The van der Waals surface area contributed by atoms with Gasteiger partial charge in [0.1, 0.15) is 5.52 Å². The smallest absolute Gasteiger partial charge is 0.226 e. The Hall–Kier alpha value is -1.89. The SMILES string of the molecule is CCNc1nc(N(C)C(C)CO)c2[nH]cnc2n1. The molecule has 7 heteroatoms. The van der Waals surface area contributed by atoms with Crippen LogP contribution in [-0.4, -0.2) is 51.3 Å². The average molecular weight is 250 g/mol. The molecular weight excluding hydrogens is 232 g/mol. The van der Waals surface area contributed by atoms with E-state index in [0.29, 0.717) is 11.6 Å². The van der Waals surface area contributed by atoms with Gasteiger partial charge in [-0.3, -0.25) is 0 Å². The molecule has 0 spiro atoms. The third kappa shape index (κ3) is 2.21. The highest BCUT2D eigenvalue weighted by atomic mass is 16.3. The van der Waals surface area contributed by atoms with Gasteiger partial charge in [0.2, 0.25) is 5.95 Å². The number of likely N-dealkylation sites (N-methyl/N-ethyl adjacent to an activating group) is 1. The number of hydrogen-bond acceptors (Lipinski definition) is 6. The molecule has 0 saturated heterocycles. The molecule has 0 fully saturated rings. The molecule has 0 aromatic carbocycles. The maximum absolute atomic E-state index is 9.24. The van der Waals surface area contributed by atoms with E-state index in [2.05, 4.69) is 25.3 Å². The fourth-order valence-corrected chi connectivity index (χ4v) is 1.64. The Morgan fingerprint density at radius 3 is 2.94 bits per heavy atom. The van der Waals surface area contributed by atoms with Crippen LogP contribution in [0.5, 0.6) is 0 Å². The normalized spacial score (nSPS) is 12.7. The van der Waals surface area contributed by atoms with Gasteiger partial charge in [0.05, 0.1) is 19.0 Å². The first-order chi connectivity index (χ1) is 8.67. The van der Waals surface area contributed by atoms with Crippen molar-refractivity contribution in [3.8, 4) is 0 Å². The van der Waals surface area contributed by atoms with Gasteiger partial charge in [-0.15, -0.1) is 0 Å². The van der Waals surface area contributed by atoms with Crippen LogP contribution in [-0.2, 0) is 0 Å². The minimum Gasteiger partial charge on any atom is -0.394 e. The summed E-state index contributed by atoms with van der Waals surface area (Å²) in [6.45, 7) is 4.72. The van der Waals surface area contributed by atoms with Crippen LogP contribution in [0.1, 0.15) is 13.8 Å². The highest BCUT2D eigenvalue weighted by Gasteiger charge is 2.17. The third-order valence-corrected chi connectivity index (χ3v) is 2.86. The highest BCUT2D eigenvalue weighted by Crippen LogP contribution is 2.22. The molecule has 3 N–H and O–H groups in total. The number of aliphatic hydroxyl groups is 1. The number of nitrogens with one attached hydrogen (secondary N) is 2. The molecule has 0 radical (unpaired) electrons. The summed E-state index contributed by atoms with van der Waals surface area (Å²) in [7, 11) is 1.89. The standard InChI is InChI=1S/C11H18N6O/c1-4-12-11-15-9-8(13-6-14-9)10(16-11)17(3)7(2)5-18/h6-7,18H,4-5H2,1-3H3,(H2,12,13,14,15,16). The van der Waals surface area contributed by atoms with E-state index < -0.39 is 0 Å². The lowest BCUT2D eigenvalue weighted by Gasteiger charge is -2.24. The van der Waals surface area contributed by atoms with E-state index in [1.807, 2.05) is 25.8 Å². The molecular formula is C11H18N6O. The molecule has 0 aliphatic rings. The number of rotatable bonds is 5. The number of nitrogens with zero attached hydrogens (tertiary/aromatic N) is 4. The van der Waals surface area contributed by atoms with Crippen LogP contribution in [0.2, 0.25) is 0 Å². The lowest BCUT2D eigenvalue weighted by atomic mass is 10.3. The minimum atomic E-state index is -0.0270. The summed E-state index contributed by atoms with van der Waals surface area (Å²) in [5, 5.41) is 12.3. The molecule has 2 rings (SSSR count). The molecule has 2 aromatic rings. The van der Waals surface area contributed by atoms with Crippen LogP contribution in [0.4, 0.5) is 11.8 Å².